The summed E-state index contributed by atoms with van der Waals surface area (Å²) in [5, 5.41) is 6.62. The number of hydrogen-bond acceptors (Lipinski definition) is 6. The van der Waals surface area contributed by atoms with Crippen LogP contribution in [0.4, 0.5) is 5.69 Å². The number of rotatable bonds is 12. The number of hydrogen-bond donors (Lipinski definition) is 2. The van der Waals surface area contributed by atoms with E-state index in [2.05, 4.69) is 15.8 Å². The quantitative estimate of drug-likeness (QED) is 0.187. The van der Waals surface area contributed by atoms with Gasteiger partial charge < -0.3 is 10.1 Å². The van der Waals surface area contributed by atoms with Crippen molar-refractivity contribution in [3.8, 4) is 11.5 Å². The molecule has 0 unspecified atom stereocenters. The van der Waals surface area contributed by atoms with Crippen molar-refractivity contribution in [2.45, 2.75) is 18.2 Å². The molecule has 4 rings (SSSR count). The van der Waals surface area contributed by atoms with Gasteiger partial charge in [0.15, 0.2) is 0 Å². The fourth-order valence-corrected chi connectivity index (χ4v) is 5.30. The molecule has 0 aliphatic carbocycles. The number of anilines is 1. The van der Waals surface area contributed by atoms with Crippen LogP contribution < -0.4 is 15.5 Å². The van der Waals surface area contributed by atoms with Gasteiger partial charge in [-0.2, -0.15) is 9.41 Å². The van der Waals surface area contributed by atoms with Crippen molar-refractivity contribution in [1.82, 2.24) is 9.73 Å². The van der Waals surface area contributed by atoms with Gasteiger partial charge >= 0.3 is 0 Å². The molecule has 4 aromatic rings. The maximum absolute atomic E-state index is 13.5. The first-order chi connectivity index (χ1) is 19.8. The molecule has 0 spiro atoms. The minimum Gasteiger partial charge on any atom is -0.457 e. The van der Waals surface area contributed by atoms with Crippen molar-refractivity contribution >= 4 is 33.7 Å². The number of benzene rings is 4. The van der Waals surface area contributed by atoms with Gasteiger partial charge in [0.1, 0.15) is 11.5 Å². The Hall–Kier alpha value is -4.80. The molecule has 0 radical (unpaired) electrons. The maximum Gasteiger partial charge on any atom is 0.255 e. The second-order valence-corrected chi connectivity index (χ2v) is 11.0. The van der Waals surface area contributed by atoms with Crippen LogP contribution in [-0.4, -0.2) is 43.8 Å². The molecule has 0 aromatic heterocycles. The number of hydrazone groups is 1. The third kappa shape index (κ3) is 8.85. The second-order valence-electron chi connectivity index (χ2n) is 9.06. The smallest absolute Gasteiger partial charge is 0.255 e. The number of para-hydroxylation sites is 1. The van der Waals surface area contributed by atoms with Gasteiger partial charge in [0, 0.05) is 19.2 Å². The summed E-state index contributed by atoms with van der Waals surface area (Å²) in [6.07, 6.45) is 1.87. The van der Waals surface area contributed by atoms with Gasteiger partial charge in [0.2, 0.25) is 15.9 Å². The standard InChI is InChI=1S/C31H30N4O5S/c1-24(36)33-27-15-17-30(18-16-27)41(38,39)35(20-19-25-9-4-2-5-10-25)23-31(37)34-32-22-26-11-8-14-29(21-26)40-28-12-6-3-7-13-28/h2-18,21-22H,19-20,23H2,1H3,(H,33,36)(H,34,37)/b32-22+. The van der Waals surface area contributed by atoms with E-state index in [-0.39, 0.29) is 17.3 Å². The number of sulfonamides is 1. The fourth-order valence-electron chi connectivity index (χ4n) is 3.90. The van der Waals surface area contributed by atoms with E-state index in [1.165, 1.54) is 37.4 Å². The van der Waals surface area contributed by atoms with E-state index in [1.807, 2.05) is 60.7 Å². The minimum atomic E-state index is -4.03. The molecule has 41 heavy (non-hydrogen) atoms. The topological polar surface area (TPSA) is 117 Å². The second kappa shape index (κ2) is 14.0. The molecule has 10 heteroatoms. The molecule has 210 valence electrons. The molecule has 0 saturated heterocycles. The largest absolute Gasteiger partial charge is 0.457 e. The molecule has 2 amide bonds. The maximum atomic E-state index is 13.5. The molecule has 4 aromatic carbocycles. The Morgan fingerprint density at radius 1 is 0.854 bits per heavy atom. The summed E-state index contributed by atoms with van der Waals surface area (Å²) < 4.78 is 34.0. The van der Waals surface area contributed by atoms with E-state index < -0.39 is 22.5 Å². The van der Waals surface area contributed by atoms with E-state index in [0.717, 1.165) is 9.87 Å². The summed E-state index contributed by atoms with van der Waals surface area (Å²) in [5.74, 6) is 0.438. The highest BCUT2D eigenvalue weighted by atomic mass is 32.2. The third-order valence-corrected chi connectivity index (χ3v) is 7.72. The predicted molar refractivity (Wildman–Crippen MR) is 158 cm³/mol. The van der Waals surface area contributed by atoms with Gasteiger partial charge in [-0.3, -0.25) is 9.59 Å². The van der Waals surface area contributed by atoms with Crippen molar-refractivity contribution in [3.05, 3.63) is 120 Å². The van der Waals surface area contributed by atoms with Crippen LogP contribution in [0.5, 0.6) is 11.5 Å². The molecular weight excluding hydrogens is 540 g/mol. The van der Waals surface area contributed by atoms with E-state index in [4.69, 9.17) is 4.74 Å². The molecule has 0 atom stereocenters. The zero-order valence-corrected chi connectivity index (χ0v) is 23.3. The first-order valence-electron chi connectivity index (χ1n) is 12.9. The van der Waals surface area contributed by atoms with E-state index in [0.29, 0.717) is 29.2 Å². The van der Waals surface area contributed by atoms with Gasteiger partial charge in [-0.15, -0.1) is 0 Å². The number of nitrogens with zero attached hydrogens (tertiary/aromatic N) is 2. The van der Waals surface area contributed by atoms with Gasteiger partial charge in [0.05, 0.1) is 17.7 Å². The molecule has 0 aliphatic heterocycles. The van der Waals surface area contributed by atoms with Crippen LogP contribution >= 0.6 is 0 Å². The third-order valence-electron chi connectivity index (χ3n) is 5.86. The van der Waals surface area contributed by atoms with Crippen LogP contribution in [0.1, 0.15) is 18.1 Å². The highest BCUT2D eigenvalue weighted by molar-refractivity contribution is 7.89. The van der Waals surface area contributed by atoms with Crippen molar-refractivity contribution in [2.75, 3.05) is 18.4 Å². The monoisotopic (exact) mass is 570 g/mol. The average Bonchev–Trinajstić information content (AvgIpc) is 2.96. The molecule has 9 nitrogen and oxygen atoms in total. The molecular formula is C31H30N4O5S. The van der Waals surface area contributed by atoms with Gasteiger partial charge in [-0.05, 0) is 66.1 Å². The zero-order valence-electron chi connectivity index (χ0n) is 22.4. The Bertz CT molecular complexity index is 1590. The van der Waals surface area contributed by atoms with Crippen LogP contribution in [0.3, 0.4) is 0 Å². The Morgan fingerprint density at radius 2 is 1.51 bits per heavy atom. The van der Waals surface area contributed by atoms with Crippen LogP contribution in [0, 0.1) is 0 Å². The lowest BCUT2D eigenvalue weighted by Crippen LogP contribution is -2.40. The van der Waals surface area contributed by atoms with E-state index in [9.17, 15) is 18.0 Å². The first kappa shape index (κ1) is 29.2. The number of carbonyl (C=O) groups excluding carboxylic acids is 2. The number of ether oxygens (including phenoxy) is 1. The van der Waals surface area contributed by atoms with Crippen molar-refractivity contribution in [3.63, 3.8) is 0 Å². The molecule has 0 aliphatic rings. The fraction of sp³-hybridized carbons (Fsp3) is 0.129. The van der Waals surface area contributed by atoms with Crippen LogP contribution in [0.2, 0.25) is 0 Å². The highest BCUT2D eigenvalue weighted by Crippen LogP contribution is 2.22. The molecule has 0 saturated carbocycles. The molecule has 2 N–H and O–H groups in total. The first-order valence-corrected chi connectivity index (χ1v) is 14.3. The summed E-state index contributed by atoms with van der Waals surface area (Å²) in [7, 11) is -4.03. The highest BCUT2D eigenvalue weighted by Gasteiger charge is 2.26. The summed E-state index contributed by atoms with van der Waals surface area (Å²) in [4.78, 5) is 24.1. The van der Waals surface area contributed by atoms with Crippen LogP contribution in [0.25, 0.3) is 0 Å². The van der Waals surface area contributed by atoms with Crippen LogP contribution in [-0.2, 0) is 26.0 Å². The lowest BCUT2D eigenvalue weighted by molar-refractivity contribution is -0.121. The average molecular weight is 571 g/mol. The van der Waals surface area contributed by atoms with E-state index >= 15 is 0 Å². The Kier molecular flexibility index (Phi) is 9.98. The van der Waals surface area contributed by atoms with E-state index in [1.54, 1.807) is 24.3 Å². The van der Waals surface area contributed by atoms with Crippen molar-refractivity contribution in [2.24, 2.45) is 5.10 Å². The Labute approximate surface area is 239 Å². The van der Waals surface area contributed by atoms with Gasteiger partial charge in [-0.25, -0.2) is 13.8 Å². The number of nitrogens with one attached hydrogen (secondary N) is 2. The van der Waals surface area contributed by atoms with Crippen molar-refractivity contribution in [1.29, 1.82) is 0 Å². The lowest BCUT2D eigenvalue weighted by atomic mass is 10.1. The molecule has 0 bridgehead atoms. The summed E-state index contributed by atoms with van der Waals surface area (Å²) in [6.45, 7) is 1.01. The summed E-state index contributed by atoms with van der Waals surface area (Å²) in [6, 6.07) is 31.7. The zero-order chi connectivity index (χ0) is 29.1. The molecule has 0 fully saturated rings. The van der Waals surface area contributed by atoms with Gasteiger partial charge in [-0.1, -0.05) is 60.7 Å². The lowest BCUT2D eigenvalue weighted by Gasteiger charge is -2.21. The van der Waals surface area contributed by atoms with Crippen LogP contribution in [0.15, 0.2) is 119 Å². The Balaban J connectivity index is 1.44. The number of carbonyl (C=O) groups is 2. The normalized spacial score (nSPS) is 11.4. The SMILES string of the molecule is CC(=O)Nc1ccc(S(=O)(=O)N(CCc2ccccc2)CC(=O)N/N=C/c2cccc(Oc3ccccc3)c2)cc1. The minimum absolute atomic E-state index is 0.00574. The van der Waals surface area contributed by atoms with Crippen molar-refractivity contribution < 1.29 is 22.7 Å². The Morgan fingerprint density at radius 3 is 2.20 bits per heavy atom. The van der Waals surface area contributed by atoms with Gasteiger partial charge in [0.25, 0.3) is 5.91 Å². The molecule has 0 heterocycles. The predicted octanol–water partition coefficient (Wildman–Crippen LogP) is 4.82. The summed E-state index contributed by atoms with van der Waals surface area (Å²) >= 11 is 0. The number of amides is 2. The summed E-state index contributed by atoms with van der Waals surface area (Å²) in [5.41, 5.74) is 4.51.